The molecule has 122 valence electrons. The molecule has 0 saturated carbocycles. The molecule has 0 radical (unpaired) electrons. The molecule has 0 fully saturated rings. The Morgan fingerprint density at radius 2 is 1.74 bits per heavy atom. The van der Waals surface area contributed by atoms with Crippen molar-refractivity contribution in [3.8, 4) is 5.75 Å². The second-order valence-corrected chi connectivity index (χ2v) is 6.52. The molecule has 1 N–H and O–H groups in total. The predicted octanol–water partition coefficient (Wildman–Crippen LogP) is 4.42. The molecule has 1 amide bonds. The third-order valence-corrected chi connectivity index (χ3v) is 3.92. The summed E-state index contributed by atoms with van der Waals surface area (Å²) in [6, 6.07) is 17.1. The molecule has 0 aliphatic heterocycles. The van der Waals surface area contributed by atoms with Crippen LogP contribution in [0.2, 0.25) is 5.02 Å². The first-order chi connectivity index (χ1) is 10.9. The van der Waals surface area contributed by atoms with Gasteiger partial charge in [-0.2, -0.15) is 0 Å². The second-order valence-electron chi connectivity index (χ2n) is 6.09. The zero-order chi connectivity index (χ0) is 16.9. The van der Waals surface area contributed by atoms with Crippen LogP contribution in [0.5, 0.6) is 5.75 Å². The van der Waals surface area contributed by atoms with Crippen LogP contribution in [0, 0.1) is 0 Å². The fraction of sp³-hybridized carbons (Fsp3) is 0.316. The Kier molecular flexibility index (Phi) is 5.67. The lowest BCUT2D eigenvalue weighted by molar-refractivity contribution is -0.134. The van der Waals surface area contributed by atoms with E-state index in [1.54, 1.807) is 38.1 Å². The summed E-state index contributed by atoms with van der Waals surface area (Å²) in [6.45, 7) is 6.16. The molecule has 2 aromatic rings. The molecule has 0 heterocycles. The van der Waals surface area contributed by atoms with Crippen molar-refractivity contribution >= 4 is 17.5 Å². The summed E-state index contributed by atoms with van der Waals surface area (Å²) in [7, 11) is 0. The van der Waals surface area contributed by atoms with E-state index in [1.807, 2.05) is 18.2 Å². The number of carbonyl (C=O) groups excluding carboxylic acids is 1. The standard InChI is InChI=1S/C19H22ClNO2/c1-14(15-7-5-4-6-8-15)13-21-18(22)19(2,3)23-17-11-9-16(20)10-12-17/h4-12,14H,13H2,1-3H3,(H,21,22). The number of rotatable bonds is 6. The summed E-state index contributed by atoms with van der Waals surface area (Å²) in [5.74, 6) is 0.715. The first-order valence-corrected chi connectivity index (χ1v) is 8.04. The second kappa shape index (κ2) is 7.51. The minimum atomic E-state index is -0.954. The van der Waals surface area contributed by atoms with Crippen molar-refractivity contribution in [2.24, 2.45) is 0 Å². The summed E-state index contributed by atoms with van der Waals surface area (Å²) >= 11 is 5.85. The van der Waals surface area contributed by atoms with Gasteiger partial charge in [-0.05, 0) is 49.6 Å². The Bertz CT molecular complexity index is 638. The van der Waals surface area contributed by atoms with E-state index in [4.69, 9.17) is 16.3 Å². The van der Waals surface area contributed by atoms with Gasteiger partial charge in [-0.3, -0.25) is 4.79 Å². The molecule has 0 aromatic heterocycles. The number of benzene rings is 2. The molecule has 0 bridgehead atoms. The minimum absolute atomic E-state index is 0.143. The van der Waals surface area contributed by atoms with Crippen molar-refractivity contribution in [3.05, 3.63) is 65.2 Å². The van der Waals surface area contributed by atoms with E-state index in [1.165, 1.54) is 5.56 Å². The highest BCUT2D eigenvalue weighted by Gasteiger charge is 2.30. The lowest BCUT2D eigenvalue weighted by atomic mass is 10.0. The zero-order valence-electron chi connectivity index (χ0n) is 13.7. The Morgan fingerprint density at radius 1 is 1.13 bits per heavy atom. The van der Waals surface area contributed by atoms with Crippen molar-refractivity contribution in [1.29, 1.82) is 0 Å². The molecule has 0 saturated heterocycles. The summed E-state index contributed by atoms with van der Waals surface area (Å²) < 4.78 is 5.79. The molecular formula is C19H22ClNO2. The van der Waals surface area contributed by atoms with Gasteiger partial charge in [0.25, 0.3) is 5.91 Å². The van der Waals surface area contributed by atoms with Crippen LogP contribution in [-0.4, -0.2) is 18.1 Å². The quantitative estimate of drug-likeness (QED) is 0.851. The smallest absolute Gasteiger partial charge is 0.263 e. The number of carbonyl (C=O) groups is 1. The molecule has 1 unspecified atom stereocenters. The Balaban J connectivity index is 1.92. The molecule has 0 aliphatic carbocycles. The number of ether oxygens (including phenoxy) is 1. The van der Waals surface area contributed by atoms with Gasteiger partial charge in [0.2, 0.25) is 0 Å². The fourth-order valence-electron chi connectivity index (χ4n) is 2.20. The molecule has 3 nitrogen and oxygen atoms in total. The molecule has 0 aliphatic rings. The lowest BCUT2D eigenvalue weighted by Crippen LogP contribution is -2.47. The van der Waals surface area contributed by atoms with Crippen molar-refractivity contribution in [1.82, 2.24) is 5.32 Å². The molecule has 0 spiro atoms. The van der Waals surface area contributed by atoms with Crippen LogP contribution in [0.3, 0.4) is 0 Å². The van der Waals surface area contributed by atoms with E-state index in [2.05, 4.69) is 24.4 Å². The number of amides is 1. The maximum Gasteiger partial charge on any atom is 0.263 e. The topological polar surface area (TPSA) is 38.3 Å². The first kappa shape index (κ1) is 17.4. The van der Waals surface area contributed by atoms with E-state index < -0.39 is 5.60 Å². The Labute approximate surface area is 142 Å². The monoisotopic (exact) mass is 331 g/mol. The van der Waals surface area contributed by atoms with Gasteiger partial charge >= 0.3 is 0 Å². The SMILES string of the molecule is CC(CNC(=O)C(C)(C)Oc1ccc(Cl)cc1)c1ccccc1. The van der Waals surface area contributed by atoms with Crippen molar-refractivity contribution in [3.63, 3.8) is 0 Å². The van der Waals surface area contributed by atoms with Crippen LogP contribution in [-0.2, 0) is 4.79 Å². The van der Waals surface area contributed by atoms with E-state index in [9.17, 15) is 4.79 Å². The molecule has 23 heavy (non-hydrogen) atoms. The molecular weight excluding hydrogens is 310 g/mol. The Morgan fingerprint density at radius 3 is 2.35 bits per heavy atom. The van der Waals surface area contributed by atoms with E-state index >= 15 is 0 Å². The van der Waals surface area contributed by atoms with Crippen LogP contribution in [0.15, 0.2) is 54.6 Å². The summed E-state index contributed by atoms with van der Waals surface area (Å²) in [6.07, 6.45) is 0. The van der Waals surface area contributed by atoms with Gasteiger partial charge in [-0.1, -0.05) is 48.9 Å². The van der Waals surface area contributed by atoms with Crippen LogP contribution < -0.4 is 10.1 Å². The highest BCUT2D eigenvalue weighted by Crippen LogP contribution is 2.21. The molecule has 2 rings (SSSR count). The van der Waals surface area contributed by atoms with Gasteiger partial charge < -0.3 is 10.1 Å². The minimum Gasteiger partial charge on any atom is -0.478 e. The van der Waals surface area contributed by atoms with Gasteiger partial charge in [0.05, 0.1) is 0 Å². The van der Waals surface area contributed by atoms with Gasteiger partial charge in [0, 0.05) is 11.6 Å². The Hall–Kier alpha value is -2.00. The maximum atomic E-state index is 12.4. The van der Waals surface area contributed by atoms with Gasteiger partial charge in [0.15, 0.2) is 5.60 Å². The molecule has 1 atom stereocenters. The highest BCUT2D eigenvalue weighted by atomic mass is 35.5. The molecule has 4 heteroatoms. The third-order valence-electron chi connectivity index (χ3n) is 3.67. The lowest BCUT2D eigenvalue weighted by Gasteiger charge is -2.26. The average Bonchev–Trinajstić information content (AvgIpc) is 2.55. The maximum absolute atomic E-state index is 12.4. The average molecular weight is 332 g/mol. The van der Waals surface area contributed by atoms with Crippen LogP contribution in [0.25, 0.3) is 0 Å². The number of halogens is 1. The molecule has 2 aromatic carbocycles. The summed E-state index contributed by atoms with van der Waals surface area (Å²) in [5, 5.41) is 3.60. The van der Waals surface area contributed by atoms with Gasteiger partial charge in [0.1, 0.15) is 5.75 Å². The zero-order valence-corrected chi connectivity index (χ0v) is 14.4. The van der Waals surface area contributed by atoms with Crippen LogP contribution in [0.1, 0.15) is 32.3 Å². The van der Waals surface area contributed by atoms with Gasteiger partial charge in [-0.25, -0.2) is 0 Å². The number of nitrogens with one attached hydrogen (secondary N) is 1. The van der Waals surface area contributed by atoms with Gasteiger partial charge in [-0.15, -0.1) is 0 Å². The van der Waals surface area contributed by atoms with E-state index in [0.717, 1.165) is 0 Å². The van der Waals surface area contributed by atoms with Crippen molar-refractivity contribution < 1.29 is 9.53 Å². The summed E-state index contributed by atoms with van der Waals surface area (Å²) in [4.78, 5) is 12.4. The fourth-order valence-corrected chi connectivity index (χ4v) is 2.33. The third kappa shape index (κ3) is 5.00. The van der Waals surface area contributed by atoms with Crippen molar-refractivity contribution in [2.45, 2.75) is 32.3 Å². The van der Waals surface area contributed by atoms with E-state index in [-0.39, 0.29) is 11.8 Å². The number of hydrogen-bond acceptors (Lipinski definition) is 2. The van der Waals surface area contributed by atoms with Crippen LogP contribution >= 0.6 is 11.6 Å². The van der Waals surface area contributed by atoms with Crippen molar-refractivity contribution in [2.75, 3.05) is 6.54 Å². The largest absolute Gasteiger partial charge is 0.478 e. The predicted molar refractivity (Wildman–Crippen MR) is 94.0 cm³/mol. The first-order valence-electron chi connectivity index (χ1n) is 7.66. The number of hydrogen-bond donors (Lipinski definition) is 1. The normalized spacial score (nSPS) is 12.5. The highest BCUT2D eigenvalue weighted by molar-refractivity contribution is 6.30. The van der Waals surface area contributed by atoms with E-state index in [0.29, 0.717) is 17.3 Å². The summed E-state index contributed by atoms with van der Waals surface area (Å²) in [5.41, 5.74) is 0.244. The van der Waals surface area contributed by atoms with Crippen LogP contribution in [0.4, 0.5) is 0 Å².